The molecule has 0 saturated carbocycles. The van der Waals surface area contributed by atoms with E-state index in [0.29, 0.717) is 18.6 Å². The molecular weight excluding hydrogens is 457 g/mol. The summed E-state index contributed by atoms with van der Waals surface area (Å²) in [4.78, 5) is 14.1. The lowest BCUT2D eigenvalue weighted by molar-refractivity contribution is -0.183. The largest absolute Gasteiger partial charge is 0.365 e. The molecule has 2 aliphatic rings. The van der Waals surface area contributed by atoms with Crippen LogP contribution in [0, 0.1) is 5.82 Å². The minimum atomic E-state index is -4.03. The summed E-state index contributed by atoms with van der Waals surface area (Å²) in [6, 6.07) is 10.2. The Morgan fingerprint density at radius 2 is 1.85 bits per heavy atom. The number of amides is 1. The molecule has 0 aromatic heterocycles. The van der Waals surface area contributed by atoms with Crippen molar-refractivity contribution in [3.05, 3.63) is 59.9 Å². The highest BCUT2D eigenvalue weighted by Gasteiger charge is 2.59. The molecule has 3 atom stereocenters. The Bertz CT molecular complexity index is 1150. The van der Waals surface area contributed by atoms with Crippen LogP contribution in [0.15, 0.2) is 48.5 Å². The molecule has 33 heavy (non-hydrogen) atoms. The Balaban J connectivity index is 1.73. The van der Waals surface area contributed by atoms with Gasteiger partial charge in [-0.25, -0.2) is 26.3 Å². The van der Waals surface area contributed by atoms with Crippen LogP contribution < -0.4 is 4.72 Å². The van der Waals surface area contributed by atoms with Crippen LogP contribution in [0.5, 0.6) is 0 Å². The van der Waals surface area contributed by atoms with Crippen molar-refractivity contribution in [2.75, 3.05) is 19.4 Å². The van der Waals surface area contributed by atoms with E-state index in [9.17, 15) is 13.2 Å². The average Bonchev–Trinajstić information content (AvgIpc) is 2.96. The van der Waals surface area contributed by atoms with Crippen molar-refractivity contribution in [1.82, 2.24) is 9.62 Å². The van der Waals surface area contributed by atoms with Gasteiger partial charge >= 0.3 is 0 Å². The van der Waals surface area contributed by atoms with E-state index in [1.807, 2.05) is 4.72 Å². The minimum Gasteiger partial charge on any atom is -0.365 e. The number of rotatable bonds is 6. The molecule has 178 valence electrons. The molecule has 0 radical (unpaired) electrons. The number of carbonyl (C=O) groups is 1. The highest BCUT2D eigenvalue weighted by Crippen LogP contribution is 2.39. The van der Waals surface area contributed by atoms with Crippen molar-refractivity contribution in [3.63, 3.8) is 0 Å². The third-order valence-electron chi connectivity index (χ3n) is 6.27. The number of ether oxygens (including phenoxy) is 1. The first-order valence-corrected chi connectivity index (χ1v) is 12.4. The predicted molar refractivity (Wildman–Crippen MR) is 117 cm³/mol. The Morgan fingerprint density at radius 1 is 1.18 bits per heavy atom. The van der Waals surface area contributed by atoms with Gasteiger partial charge in [0.2, 0.25) is 10.0 Å². The van der Waals surface area contributed by atoms with Crippen molar-refractivity contribution in [1.29, 1.82) is 0 Å². The van der Waals surface area contributed by atoms with Crippen molar-refractivity contribution < 1.29 is 31.1 Å². The summed E-state index contributed by atoms with van der Waals surface area (Å²) in [6.45, 7) is 0.862. The standard InChI is InChI=1S/C23H25F3N2O4S/c1-22(11-12-32-22)21(29)28-14-23(25,26)20(27-33(2,30)31)18(28)13-16-9-6-10-17(19(16)24)15-7-4-3-5-8-15/h3-10,18,20,27H,11-14H2,1-2H3/t18-,20+,22?/m0/s1. The average molecular weight is 483 g/mol. The Kier molecular flexibility index (Phi) is 6.05. The second-order valence-corrected chi connectivity index (χ2v) is 10.6. The van der Waals surface area contributed by atoms with Crippen LogP contribution in [-0.2, 0) is 26.0 Å². The number of hydrogen-bond donors (Lipinski definition) is 1. The number of carbonyl (C=O) groups excluding carboxylic acids is 1. The molecular formula is C23H25F3N2O4S. The highest BCUT2D eigenvalue weighted by molar-refractivity contribution is 7.88. The summed E-state index contributed by atoms with van der Waals surface area (Å²) in [5, 5.41) is 0. The van der Waals surface area contributed by atoms with Gasteiger partial charge in [-0.15, -0.1) is 0 Å². The van der Waals surface area contributed by atoms with Gasteiger partial charge in [0.25, 0.3) is 11.8 Å². The van der Waals surface area contributed by atoms with Crippen LogP contribution in [0.3, 0.4) is 0 Å². The van der Waals surface area contributed by atoms with Crippen LogP contribution in [0.1, 0.15) is 18.9 Å². The molecule has 1 unspecified atom stereocenters. The third kappa shape index (κ3) is 4.64. The number of alkyl halides is 2. The Hall–Kier alpha value is -2.43. The fourth-order valence-electron chi connectivity index (χ4n) is 4.43. The van der Waals surface area contributed by atoms with Crippen molar-refractivity contribution in [3.8, 4) is 11.1 Å². The van der Waals surface area contributed by atoms with Gasteiger partial charge in [-0.2, -0.15) is 0 Å². The molecule has 1 amide bonds. The number of likely N-dealkylation sites (tertiary alicyclic amines) is 1. The zero-order chi connectivity index (χ0) is 24.0. The summed E-state index contributed by atoms with van der Waals surface area (Å²) in [7, 11) is -4.03. The second kappa shape index (κ2) is 8.41. The number of sulfonamides is 1. The van der Waals surface area contributed by atoms with E-state index in [1.165, 1.54) is 13.0 Å². The maximum absolute atomic E-state index is 15.5. The Labute approximate surface area is 190 Å². The topological polar surface area (TPSA) is 75.7 Å². The lowest BCUT2D eigenvalue weighted by Gasteiger charge is -2.41. The molecule has 2 fully saturated rings. The van der Waals surface area contributed by atoms with Crippen LogP contribution in [0.25, 0.3) is 11.1 Å². The smallest absolute Gasteiger partial charge is 0.283 e. The van der Waals surface area contributed by atoms with Crippen LogP contribution in [0.2, 0.25) is 0 Å². The van der Waals surface area contributed by atoms with E-state index in [1.54, 1.807) is 42.5 Å². The molecule has 2 aromatic rings. The lowest BCUT2D eigenvalue weighted by atomic mass is 9.92. The van der Waals surface area contributed by atoms with Gasteiger partial charge in [-0.1, -0.05) is 48.5 Å². The van der Waals surface area contributed by atoms with Crippen molar-refractivity contribution in [2.45, 2.75) is 43.4 Å². The second-order valence-electron chi connectivity index (χ2n) is 8.81. The minimum absolute atomic E-state index is 0.108. The van der Waals surface area contributed by atoms with Crippen LogP contribution in [-0.4, -0.2) is 62.2 Å². The van der Waals surface area contributed by atoms with Crippen LogP contribution >= 0.6 is 0 Å². The maximum Gasteiger partial charge on any atom is 0.283 e. The maximum atomic E-state index is 15.5. The molecule has 2 saturated heterocycles. The number of nitrogens with zero attached hydrogens (tertiary/aromatic N) is 1. The first kappa shape index (κ1) is 23.7. The molecule has 4 rings (SSSR count). The van der Waals surface area contributed by atoms with E-state index in [4.69, 9.17) is 4.74 Å². The summed E-state index contributed by atoms with van der Waals surface area (Å²) in [6.07, 6.45) is 0.845. The molecule has 0 aliphatic carbocycles. The van der Waals surface area contributed by atoms with Crippen LogP contribution in [0.4, 0.5) is 13.2 Å². The van der Waals surface area contributed by atoms with Gasteiger partial charge in [0.15, 0.2) is 0 Å². The van der Waals surface area contributed by atoms with Gasteiger partial charge in [-0.05, 0) is 24.5 Å². The Morgan fingerprint density at radius 3 is 2.42 bits per heavy atom. The normalized spacial score (nSPS) is 26.8. The quantitative estimate of drug-likeness (QED) is 0.687. The van der Waals surface area contributed by atoms with Gasteiger partial charge in [0.05, 0.1) is 25.4 Å². The molecule has 0 bridgehead atoms. The third-order valence-corrected chi connectivity index (χ3v) is 6.95. The van der Waals surface area contributed by atoms with Gasteiger partial charge in [0, 0.05) is 12.0 Å². The number of hydrogen-bond acceptors (Lipinski definition) is 4. The number of halogens is 3. The van der Waals surface area contributed by atoms with Gasteiger partial charge < -0.3 is 9.64 Å². The fourth-order valence-corrected chi connectivity index (χ4v) is 5.22. The monoisotopic (exact) mass is 482 g/mol. The number of benzene rings is 2. The first-order valence-electron chi connectivity index (χ1n) is 10.5. The molecule has 1 N–H and O–H groups in total. The predicted octanol–water partition coefficient (Wildman–Crippen LogP) is 2.98. The van der Waals surface area contributed by atoms with Gasteiger partial charge in [0.1, 0.15) is 17.5 Å². The summed E-state index contributed by atoms with van der Waals surface area (Å²) >= 11 is 0. The molecule has 2 aromatic carbocycles. The molecule has 6 nitrogen and oxygen atoms in total. The SMILES string of the molecule is CC1(C(=O)N2CC(F)(F)[C@H](NS(C)(=O)=O)[C@@H]2Cc2cccc(-c3ccccc3)c2F)CCO1. The van der Waals surface area contributed by atoms with Crippen molar-refractivity contribution in [2.24, 2.45) is 0 Å². The zero-order valence-electron chi connectivity index (χ0n) is 18.2. The summed E-state index contributed by atoms with van der Waals surface area (Å²) < 4.78 is 76.5. The molecule has 0 spiro atoms. The fraction of sp³-hybridized carbons (Fsp3) is 0.435. The summed E-state index contributed by atoms with van der Waals surface area (Å²) in [5.74, 6) is -4.80. The summed E-state index contributed by atoms with van der Waals surface area (Å²) in [5.41, 5.74) is -0.240. The van der Waals surface area contributed by atoms with E-state index < -0.39 is 51.9 Å². The highest BCUT2D eigenvalue weighted by atomic mass is 32.2. The first-order chi connectivity index (χ1) is 15.4. The van der Waals surface area contributed by atoms with Gasteiger partial charge in [-0.3, -0.25) is 4.79 Å². The molecule has 10 heteroatoms. The van der Waals surface area contributed by atoms with E-state index >= 15 is 13.2 Å². The zero-order valence-corrected chi connectivity index (χ0v) is 19.0. The van der Waals surface area contributed by atoms with E-state index in [0.717, 1.165) is 11.2 Å². The molecule has 2 aliphatic heterocycles. The van der Waals surface area contributed by atoms with E-state index in [-0.39, 0.29) is 17.5 Å². The molecule has 2 heterocycles. The van der Waals surface area contributed by atoms with E-state index in [2.05, 4.69) is 0 Å². The lowest BCUT2D eigenvalue weighted by Crippen LogP contribution is -2.58. The van der Waals surface area contributed by atoms with Crippen molar-refractivity contribution >= 4 is 15.9 Å². The number of nitrogens with one attached hydrogen (secondary N) is 1.